The van der Waals surface area contributed by atoms with E-state index in [4.69, 9.17) is 84.0 Å². The third-order valence-electron chi connectivity index (χ3n) is 1.14. The first-order chi connectivity index (χ1) is 24.5. The Morgan fingerprint density at radius 2 is 0.909 bits per heavy atom. The Hall–Kier alpha value is 1.09. The zero-order valence-electron chi connectivity index (χ0n) is 47.6. The van der Waals surface area contributed by atoms with Crippen LogP contribution in [0.4, 0.5) is 0 Å². The van der Waals surface area contributed by atoms with Crippen LogP contribution in [0.25, 0.3) is 0 Å². The zero-order valence-corrected chi connectivity index (χ0v) is 13.9. The van der Waals surface area contributed by atoms with E-state index in [1.54, 1.807) is 0 Å². The molecule has 0 rings (SSSR count). The number of hydrogen-bond acceptors (Lipinski definition) is 0. The van der Waals surface area contributed by atoms with Gasteiger partial charge < -0.3 is 0 Å². The molecule has 134 valence electrons. The van der Waals surface area contributed by atoms with Gasteiger partial charge in [0.1, 0.15) is 0 Å². The largest absolute Gasteiger partial charge is 0.341 e. The molecule has 0 fully saturated rings. The standard InChI is InChI=1S/C18H37Cl3Si/c1-2-3-4-5-6-7-8-9-10-11-12-13-14-15-16-17-18-22(19,20)21/h2-18H2,1H3/i1D3,2D2,3D2,4D2,5D2,6D2,7D2,8D2,9D2,10D2,11D2,12D2,13D2,14D2,15D2,16D2,17D2,18D2. The van der Waals surface area contributed by atoms with Crippen molar-refractivity contribution in [2.75, 3.05) is 0 Å². The van der Waals surface area contributed by atoms with Gasteiger partial charge >= 0.3 is 6.00 Å². The maximum Gasteiger partial charge on any atom is 0.341 e. The van der Waals surface area contributed by atoms with Gasteiger partial charge in [0.15, 0.2) is 0 Å². The van der Waals surface area contributed by atoms with Crippen LogP contribution < -0.4 is 0 Å². The van der Waals surface area contributed by atoms with Crippen molar-refractivity contribution in [1.29, 1.82) is 0 Å². The third kappa shape index (κ3) is 21.1. The summed E-state index contributed by atoms with van der Waals surface area (Å²) in [6.07, 6.45) is -80.3. The van der Waals surface area contributed by atoms with Gasteiger partial charge in [0.05, 0.1) is 0 Å². The first-order valence-corrected chi connectivity index (χ1v) is 10.1. The van der Waals surface area contributed by atoms with Gasteiger partial charge in [0.25, 0.3) is 0 Å². The molecule has 0 aliphatic rings. The summed E-state index contributed by atoms with van der Waals surface area (Å²) in [6, 6.07) is -5.19. The van der Waals surface area contributed by atoms with Crippen LogP contribution in [-0.2, 0) is 0 Å². The highest BCUT2D eigenvalue weighted by Gasteiger charge is 2.23. The Kier molecular flexibility index (Phi) is 2.48. The molecule has 0 unspecified atom stereocenters. The molecular weight excluding hydrogens is 351 g/mol. The number of hydrogen-bond donors (Lipinski definition) is 0. The van der Waals surface area contributed by atoms with Crippen LogP contribution in [-0.4, -0.2) is 6.00 Å². The van der Waals surface area contributed by atoms with Crippen LogP contribution in [0.15, 0.2) is 0 Å². The van der Waals surface area contributed by atoms with Crippen LogP contribution >= 0.6 is 33.2 Å². The topological polar surface area (TPSA) is 0 Å². The summed E-state index contributed by atoms with van der Waals surface area (Å²) < 4.78 is 298. The average Bonchev–Trinajstić information content (AvgIpc) is 2.98. The van der Waals surface area contributed by atoms with Crippen molar-refractivity contribution in [3.05, 3.63) is 0 Å². The molecule has 0 spiro atoms. The lowest BCUT2D eigenvalue weighted by molar-refractivity contribution is 0.531. The molecule has 0 heterocycles. The fraction of sp³-hybridized carbons (Fsp3) is 1.00. The van der Waals surface area contributed by atoms with Gasteiger partial charge in [-0.3, -0.25) is 0 Å². The minimum absolute atomic E-state index is 4.03. The molecule has 0 saturated carbocycles. The summed E-state index contributed by atoms with van der Waals surface area (Å²) in [7, 11) is 0. The SMILES string of the molecule is [2H]C([2H])([2H])C([2H])([2H])C([2H])([2H])C([2H])([2H])C([2H])([2H])C([2H])([2H])C([2H])([2H])C([2H])([2H])C([2H])([2H])C([2H])([2H])C([2H])([2H])C([2H])([2H])C([2H])([2H])C([2H])([2H])C([2H])([2H])C([2H])([2H])C([2H])([2H])C([2H])([2H])[Si](Cl)(Cl)Cl. The minimum Gasteiger partial charge on any atom is -0.126 e. The van der Waals surface area contributed by atoms with E-state index in [1.807, 2.05) is 0 Å². The Morgan fingerprint density at radius 1 is 0.591 bits per heavy atom. The molecule has 0 aromatic rings. The highest BCUT2D eigenvalue weighted by Crippen LogP contribution is 2.27. The monoisotopic (exact) mass is 423 g/mol. The van der Waals surface area contributed by atoms with Gasteiger partial charge in [-0.1, -0.05) is 109 Å². The number of halogens is 3. The molecule has 0 aromatic carbocycles. The van der Waals surface area contributed by atoms with Crippen molar-refractivity contribution in [3.8, 4) is 0 Å². The maximum absolute atomic E-state index is 8.27. The van der Waals surface area contributed by atoms with Gasteiger partial charge in [-0.25, -0.2) is 0 Å². The molecule has 0 atom stereocenters. The fourth-order valence-electron chi connectivity index (χ4n) is 0.540. The highest BCUT2D eigenvalue weighted by molar-refractivity contribution is 7.64. The predicted octanol–water partition coefficient (Wildman–Crippen LogP) is 8.90. The van der Waals surface area contributed by atoms with Crippen LogP contribution in [0.2, 0.25) is 6.00 Å². The molecule has 0 aliphatic carbocycles. The molecule has 0 aliphatic heterocycles. The second-order valence-corrected chi connectivity index (χ2v) is 10.7. The Labute approximate surface area is 206 Å². The van der Waals surface area contributed by atoms with Crippen molar-refractivity contribution in [2.24, 2.45) is 0 Å². The average molecular weight is 425 g/mol. The van der Waals surface area contributed by atoms with Gasteiger partial charge in [-0.05, 0) is 6.00 Å². The molecule has 0 bridgehead atoms. The Bertz CT molecular complexity index is 1430. The maximum atomic E-state index is 8.27. The lowest BCUT2D eigenvalue weighted by Gasteiger charge is -2.07. The molecule has 0 amide bonds. The van der Waals surface area contributed by atoms with Crippen LogP contribution in [0.5, 0.6) is 0 Å². The summed E-state index contributed by atoms with van der Waals surface area (Å²) in [5.74, 6) is -4.03. The lowest BCUT2D eigenvalue weighted by atomic mass is 10.0. The number of rotatable bonds is 17. The van der Waals surface area contributed by atoms with Crippen LogP contribution in [0.3, 0.4) is 0 Å². The predicted molar refractivity (Wildman–Crippen MR) is 108 cm³/mol. The Balaban J connectivity index is 7.92. The van der Waals surface area contributed by atoms with E-state index in [1.165, 1.54) is 0 Å². The van der Waals surface area contributed by atoms with Gasteiger partial charge in [0.2, 0.25) is 0 Å². The smallest absolute Gasteiger partial charge is 0.126 e. The molecule has 0 aromatic heterocycles. The van der Waals surface area contributed by atoms with E-state index >= 15 is 0 Å². The summed E-state index contributed by atoms with van der Waals surface area (Å²) in [4.78, 5) is 0. The lowest BCUT2D eigenvalue weighted by Crippen LogP contribution is -2.07. The normalized spacial score (nSPS) is 48.6. The van der Waals surface area contributed by atoms with Gasteiger partial charge in [0, 0.05) is 50.7 Å². The summed E-state index contributed by atoms with van der Waals surface area (Å²) in [5.41, 5.74) is 0. The molecular formula is C18H37Cl3Si. The second kappa shape index (κ2) is 16.9. The van der Waals surface area contributed by atoms with E-state index < -0.39 is 121 Å². The molecule has 0 nitrogen and oxygen atoms in total. The van der Waals surface area contributed by atoms with E-state index in [9.17, 15) is 0 Å². The Morgan fingerprint density at radius 3 is 1.23 bits per heavy atom. The molecule has 0 N–H and O–H groups in total. The highest BCUT2D eigenvalue weighted by atomic mass is 35.8. The van der Waals surface area contributed by atoms with E-state index in [0.29, 0.717) is 0 Å². The zero-order chi connectivity index (χ0) is 49.5. The van der Waals surface area contributed by atoms with Crippen molar-refractivity contribution in [3.63, 3.8) is 0 Å². The van der Waals surface area contributed by atoms with Crippen LogP contribution in [0, 0.1) is 0 Å². The molecule has 4 heteroatoms. The minimum atomic E-state index is -5.28. The van der Waals surface area contributed by atoms with Gasteiger partial charge in [-0.2, -0.15) is 0 Å². The molecule has 22 heavy (non-hydrogen) atoms. The van der Waals surface area contributed by atoms with Crippen molar-refractivity contribution in [2.45, 2.75) is 115 Å². The van der Waals surface area contributed by atoms with Crippen molar-refractivity contribution >= 4 is 39.2 Å². The fourth-order valence-corrected chi connectivity index (χ4v) is 1.17. The second-order valence-electron chi connectivity index (χ2n) is 2.62. The van der Waals surface area contributed by atoms with Crippen molar-refractivity contribution in [1.82, 2.24) is 0 Å². The quantitative estimate of drug-likeness (QED) is 0.161. The van der Waals surface area contributed by atoms with E-state index in [2.05, 4.69) is 0 Å². The summed E-state index contributed by atoms with van der Waals surface area (Å²) >= 11 is 16.6. The van der Waals surface area contributed by atoms with E-state index in [0.717, 1.165) is 0 Å². The summed E-state index contributed by atoms with van der Waals surface area (Å²) in [6.45, 7) is -4.16. The third-order valence-corrected chi connectivity index (χ3v) is 2.40. The van der Waals surface area contributed by atoms with Crippen molar-refractivity contribution < 1.29 is 50.7 Å². The first-order valence-electron chi connectivity index (χ1n) is 23.6. The van der Waals surface area contributed by atoms with Crippen LogP contribution in [0.1, 0.15) is 160 Å². The summed E-state index contributed by atoms with van der Waals surface area (Å²) in [5, 5.41) is 0. The molecule has 0 saturated heterocycles. The molecule has 0 radical (unpaired) electrons. The van der Waals surface area contributed by atoms with E-state index in [-0.39, 0.29) is 0 Å². The first kappa shape index (κ1) is 3.23. The van der Waals surface area contributed by atoms with Gasteiger partial charge in [-0.15, -0.1) is 33.2 Å².